The van der Waals surface area contributed by atoms with Crippen molar-refractivity contribution < 1.29 is 19.1 Å². The van der Waals surface area contributed by atoms with Gasteiger partial charge in [-0.25, -0.2) is 0 Å². The van der Waals surface area contributed by atoms with Crippen LogP contribution in [0.5, 0.6) is 0 Å². The Labute approximate surface area is 126 Å². The van der Waals surface area contributed by atoms with Crippen LogP contribution in [0.3, 0.4) is 0 Å². The molecule has 1 fully saturated rings. The number of carbonyl (C=O) groups is 3. The van der Waals surface area contributed by atoms with Crippen LogP contribution in [0.4, 0.5) is 10.5 Å². The second-order valence-corrected chi connectivity index (χ2v) is 5.56. The highest BCUT2D eigenvalue weighted by molar-refractivity contribution is 8.15. The van der Waals surface area contributed by atoms with Crippen LogP contribution in [0, 0.1) is 6.92 Å². The van der Waals surface area contributed by atoms with Gasteiger partial charge in [-0.3, -0.25) is 19.3 Å². The first-order valence-corrected chi connectivity index (χ1v) is 7.40. The maximum atomic E-state index is 12.1. The molecule has 1 saturated heterocycles. The molecule has 1 aliphatic rings. The lowest BCUT2D eigenvalue weighted by atomic mass is 10.2. The highest BCUT2D eigenvalue weighted by atomic mass is 32.2. The Kier molecular flexibility index (Phi) is 4.85. The molecule has 112 valence electrons. The summed E-state index contributed by atoms with van der Waals surface area (Å²) in [5.41, 5.74) is 1.85. The number of nitrogens with one attached hydrogen (secondary N) is 1. The Bertz CT molecular complexity index is 559. The van der Waals surface area contributed by atoms with Crippen LogP contribution in [0.2, 0.25) is 0 Å². The Morgan fingerprint density at radius 3 is 2.62 bits per heavy atom. The molecule has 1 heterocycles. The number of benzene rings is 1. The van der Waals surface area contributed by atoms with Gasteiger partial charge in [0, 0.05) is 5.69 Å². The van der Waals surface area contributed by atoms with Crippen molar-refractivity contribution in [2.75, 3.05) is 18.5 Å². The number of anilines is 1. The Morgan fingerprint density at radius 1 is 1.33 bits per heavy atom. The Morgan fingerprint density at radius 2 is 2.00 bits per heavy atom. The summed E-state index contributed by atoms with van der Waals surface area (Å²) in [4.78, 5) is 36.2. The van der Waals surface area contributed by atoms with Gasteiger partial charge in [0.1, 0.15) is 6.54 Å². The fraction of sp³-hybridized carbons (Fsp3) is 0.357. The average Bonchev–Trinajstić information content (AvgIpc) is 2.69. The molecule has 7 heteroatoms. The monoisotopic (exact) mass is 308 g/mol. The maximum Gasteiger partial charge on any atom is 0.326 e. The van der Waals surface area contributed by atoms with Crippen molar-refractivity contribution in [2.24, 2.45) is 0 Å². The molecule has 1 aliphatic heterocycles. The van der Waals surface area contributed by atoms with Gasteiger partial charge in [-0.15, -0.1) is 0 Å². The summed E-state index contributed by atoms with van der Waals surface area (Å²) in [5, 5.41) is 1.82. The molecule has 6 nitrogen and oxygen atoms in total. The first-order valence-electron chi connectivity index (χ1n) is 6.52. The predicted molar refractivity (Wildman–Crippen MR) is 79.9 cm³/mol. The summed E-state index contributed by atoms with van der Waals surface area (Å²) >= 11 is 0.859. The van der Waals surface area contributed by atoms with E-state index in [0.29, 0.717) is 0 Å². The van der Waals surface area contributed by atoms with Gasteiger partial charge in [-0.05, 0) is 37.7 Å². The van der Waals surface area contributed by atoms with E-state index in [0.717, 1.165) is 27.9 Å². The number of amides is 2. The van der Waals surface area contributed by atoms with Crippen molar-refractivity contribution in [1.29, 1.82) is 0 Å². The second-order valence-electron chi connectivity index (χ2n) is 4.50. The summed E-state index contributed by atoms with van der Waals surface area (Å²) in [6.07, 6.45) is 0. The minimum atomic E-state index is -0.713. The Hall–Kier alpha value is -2.02. The van der Waals surface area contributed by atoms with E-state index in [1.165, 1.54) is 0 Å². The van der Waals surface area contributed by atoms with Crippen molar-refractivity contribution >= 4 is 34.6 Å². The first-order chi connectivity index (χ1) is 10.0. The molecule has 1 atom stereocenters. The summed E-state index contributed by atoms with van der Waals surface area (Å²) in [7, 11) is 0. The van der Waals surface area contributed by atoms with Gasteiger partial charge in [0.2, 0.25) is 0 Å². The zero-order valence-corrected chi connectivity index (χ0v) is 12.6. The average molecular weight is 308 g/mol. The second kappa shape index (κ2) is 6.62. The molecule has 1 aromatic rings. The molecule has 0 spiro atoms. The molecule has 0 bridgehead atoms. The van der Waals surface area contributed by atoms with Crippen molar-refractivity contribution in [3.05, 3.63) is 29.8 Å². The number of ether oxygens (including phenoxy) is 1. The molecule has 2 rings (SSSR count). The van der Waals surface area contributed by atoms with E-state index < -0.39 is 22.5 Å². The van der Waals surface area contributed by atoms with Crippen molar-refractivity contribution in [3.63, 3.8) is 0 Å². The topological polar surface area (TPSA) is 75.7 Å². The fourth-order valence-electron chi connectivity index (χ4n) is 1.82. The third kappa shape index (κ3) is 3.75. The standard InChI is InChI=1S/C14H16N2O4S/c1-3-20-11(17)8-16-13(18)12(21-14(16)19)15-10-6-4-9(2)5-7-10/h4-7,12,15H,3,8H2,1-2H3/t12-/m0/s1. The van der Waals surface area contributed by atoms with E-state index in [-0.39, 0.29) is 13.2 Å². The minimum absolute atomic E-state index is 0.216. The van der Waals surface area contributed by atoms with E-state index in [4.69, 9.17) is 4.74 Å². The highest BCUT2D eigenvalue weighted by Gasteiger charge is 2.40. The largest absolute Gasteiger partial charge is 0.465 e. The van der Waals surface area contributed by atoms with Gasteiger partial charge in [-0.2, -0.15) is 0 Å². The molecule has 2 amide bonds. The SMILES string of the molecule is CCOC(=O)CN1C(=O)S[C@H](Nc2ccc(C)cc2)C1=O. The molecule has 0 aliphatic carbocycles. The van der Waals surface area contributed by atoms with Gasteiger partial charge in [0.15, 0.2) is 5.37 Å². The van der Waals surface area contributed by atoms with E-state index in [1.54, 1.807) is 6.92 Å². The molecule has 0 radical (unpaired) electrons. The Balaban J connectivity index is 2.00. The predicted octanol–water partition coefficient (Wildman–Crippen LogP) is 1.99. The van der Waals surface area contributed by atoms with E-state index in [1.807, 2.05) is 31.2 Å². The number of esters is 1. The zero-order chi connectivity index (χ0) is 15.4. The van der Waals surface area contributed by atoms with Gasteiger partial charge < -0.3 is 10.1 Å². The summed E-state index contributed by atoms with van der Waals surface area (Å²) in [6.45, 7) is 3.50. The number of aryl methyl sites for hydroxylation is 1. The van der Waals surface area contributed by atoms with E-state index in [9.17, 15) is 14.4 Å². The van der Waals surface area contributed by atoms with Crippen molar-refractivity contribution in [3.8, 4) is 0 Å². The smallest absolute Gasteiger partial charge is 0.326 e. The van der Waals surface area contributed by atoms with Crippen LogP contribution in [0.1, 0.15) is 12.5 Å². The normalized spacial score (nSPS) is 18.0. The lowest BCUT2D eigenvalue weighted by Gasteiger charge is -2.14. The summed E-state index contributed by atoms with van der Waals surface area (Å²) in [5.74, 6) is -1.02. The minimum Gasteiger partial charge on any atom is -0.465 e. The van der Waals surface area contributed by atoms with Crippen LogP contribution in [0.15, 0.2) is 24.3 Å². The molecule has 1 aromatic carbocycles. The van der Waals surface area contributed by atoms with Crippen molar-refractivity contribution in [2.45, 2.75) is 19.2 Å². The number of imide groups is 1. The third-order valence-corrected chi connectivity index (χ3v) is 3.85. The summed E-state index contributed by atoms with van der Waals surface area (Å²) in [6, 6.07) is 7.48. The first kappa shape index (κ1) is 15.4. The van der Waals surface area contributed by atoms with Gasteiger partial charge in [0.05, 0.1) is 6.61 Å². The van der Waals surface area contributed by atoms with Crippen molar-refractivity contribution in [1.82, 2.24) is 4.90 Å². The van der Waals surface area contributed by atoms with Crippen LogP contribution in [-0.4, -0.2) is 40.5 Å². The van der Waals surface area contributed by atoms with Crippen LogP contribution < -0.4 is 5.32 Å². The number of carbonyl (C=O) groups excluding carboxylic acids is 3. The number of hydrogen-bond acceptors (Lipinski definition) is 6. The van der Waals surface area contributed by atoms with E-state index >= 15 is 0 Å². The van der Waals surface area contributed by atoms with Gasteiger partial charge >= 0.3 is 5.97 Å². The molecule has 0 saturated carbocycles. The fourth-order valence-corrected chi connectivity index (χ4v) is 2.72. The lowest BCUT2D eigenvalue weighted by molar-refractivity contribution is -0.146. The number of hydrogen-bond donors (Lipinski definition) is 1. The van der Waals surface area contributed by atoms with Crippen LogP contribution >= 0.6 is 11.8 Å². The molecule has 0 unspecified atom stereocenters. The van der Waals surface area contributed by atoms with E-state index in [2.05, 4.69) is 5.32 Å². The zero-order valence-electron chi connectivity index (χ0n) is 11.8. The molecule has 1 N–H and O–H groups in total. The quantitative estimate of drug-likeness (QED) is 0.838. The highest BCUT2D eigenvalue weighted by Crippen LogP contribution is 2.28. The van der Waals surface area contributed by atoms with Gasteiger partial charge in [-0.1, -0.05) is 17.7 Å². The van der Waals surface area contributed by atoms with Crippen LogP contribution in [0.25, 0.3) is 0 Å². The molecular weight excluding hydrogens is 292 g/mol. The van der Waals surface area contributed by atoms with Gasteiger partial charge in [0.25, 0.3) is 11.1 Å². The van der Waals surface area contributed by atoms with Crippen LogP contribution in [-0.2, 0) is 14.3 Å². The molecule has 21 heavy (non-hydrogen) atoms. The lowest BCUT2D eigenvalue weighted by Crippen LogP contribution is -2.38. The molecular formula is C14H16N2O4S. The number of thioether (sulfide) groups is 1. The third-order valence-electron chi connectivity index (χ3n) is 2.87. The number of rotatable bonds is 5. The molecule has 0 aromatic heterocycles. The number of nitrogens with zero attached hydrogens (tertiary/aromatic N) is 1. The summed E-state index contributed by atoms with van der Waals surface area (Å²) < 4.78 is 4.75. The maximum absolute atomic E-state index is 12.1.